The van der Waals surface area contributed by atoms with E-state index in [1.54, 1.807) is 0 Å². The van der Waals surface area contributed by atoms with Crippen LogP contribution in [0.4, 0.5) is 5.69 Å². The highest BCUT2D eigenvalue weighted by atomic mass is 35.5. The van der Waals surface area contributed by atoms with Crippen molar-refractivity contribution in [2.45, 2.75) is 26.8 Å². The molecule has 2 rings (SSSR count). The van der Waals surface area contributed by atoms with Gasteiger partial charge in [-0.1, -0.05) is 41.9 Å². The molecular formula is C19H24ClN2O+. The molecule has 0 aliphatic rings. The third-order valence-corrected chi connectivity index (χ3v) is 4.77. The number of hydrogen-bond donors (Lipinski definition) is 2. The molecule has 0 saturated carbocycles. The predicted molar refractivity (Wildman–Crippen MR) is 96.2 cm³/mol. The molecule has 2 aromatic carbocycles. The van der Waals surface area contributed by atoms with E-state index in [9.17, 15) is 4.79 Å². The molecule has 2 atom stereocenters. The summed E-state index contributed by atoms with van der Waals surface area (Å²) in [5, 5.41) is 3.75. The highest BCUT2D eigenvalue weighted by Gasteiger charge is 2.20. The van der Waals surface area contributed by atoms with Crippen LogP contribution in [0.2, 0.25) is 5.02 Å². The lowest BCUT2D eigenvalue weighted by atomic mass is 10.1. The molecule has 0 spiro atoms. The van der Waals surface area contributed by atoms with Crippen molar-refractivity contribution < 1.29 is 9.69 Å². The molecule has 1 unspecified atom stereocenters. The molecule has 2 aromatic rings. The van der Waals surface area contributed by atoms with Gasteiger partial charge in [-0.2, -0.15) is 0 Å². The van der Waals surface area contributed by atoms with Gasteiger partial charge < -0.3 is 10.2 Å². The molecule has 0 aliphatic carbocycles. The quantitative estimate of drug-likeness (QED) is 0.867. The van der Waals surface area contributed by atoms with Crippen LogP contribution in [0.25, 0.3) is 0 Å². The number of halogens is 1. The predicted octanol–water partition coefficient (Wildman–Crippen LogP) is 3.17. The van der Waals surface area contributed by atoms with Crippen molar-refractivity contribution in [1.82, 2.24) is 0 Å². The summed E-state index contributed by atoms with van der Waals surface area (Å²) in [6.45, 7) is 6.54. The Morgan fingerprint density at radius 1 is 1.17 bits per heavy atom. The number of carbonyl (C=O) groups is 1. The molecule has 2 N–H and O–H groups in total. The maximum Gasteiger partial charge on any atom is 0.279 e. The summed E-state index contributed by atoms with van der Waals surface area (Å²) >= 11 is 6.25. The van der Waals surface area contributed by atoms with Crippen LogP contribution in [-0.2, 0) is 4.79 Å². The van der Waals surface area contributed by atoms with E-state index in [-0.39, 0.29) is 11.9 Å². The first-order valence-electron chi connectivity index (χ1n) is 7.83. The second-order valence-corrected chi connectivity index (χ2v) is 6.47. The summed E-state index contributed by atoms with van der Waals surface area (Å²) in [5.41, 5.74) is 4.23. The van der Waals surface area contributed by atoms with Crippen LogP contribution in [0.15, 0.2) is 42.5 Å². The standard InChI is InChI=1S/C19H23ClN2O/c1-13-8-7-11-18(14(13)2)21-19(23)12-22(4)15(3)16-9-5-6-10-17(16)20/h5-11,15H,12H2,1-4H3,(H,21,23)/p+1/t15-/m1/s1. The topological polar surface area (TPSA) is 33.5 Å². The third-order valence-electron chi connectivity index (χ3n) is 4.43. The number of aryl methyl sites for hydroxylation is 1. The molecule has 122 valence electrons. The molecule has 0 heterocycles. The van der Waals surface area contributed by atoms with Crippen molar-refractivity contribution in [2.24, 2.45) is 0 Å². The molecule has 4 heteroatoms. The highest BCUT2D eigenvalue weighted by Crippen LogP contribution is 2.20. The number of quaternary nitrogens is 1. The van der Waals surface area contributed by atoms with E-state index in [1.165, 1.54) is 5.56 Å². The summed E-state index contributed by atoms with van der Waals surface area (Å²) in [6.07, 6.45) is 0. The first kappa shape index (κ1) is 17.5. The Morgan fingerprint density at radius 3 is 2.57 bits per heavy atom. The number of benzene rings is 2. The van der Waals surface area contributed by atoms with Gasteiger partial charge in [0.25, 0.3) is 5.91 Å². The van der Waals surface area contributed by atoms with Gasteiger partial charge in [-0.15, -0.1) is 0 Å². The van der Waals surface area contributed by atoms with Gasteiger partial charge >= 0.3 is 0 Å². The van der Waals surface area contributed by atoms with Crippen molar-refractivity contribution >= 4 is 23.2 Å². The first-order valence-corrected chi connectivity index (χ1v) is 8.20. The van der Waals surface area contributed by atoms with E-state index in [2.05, 4.69) is 12.2 Å². The average Bonchev–Trinajstić information content (AvgIpc) is 2.51. The number of rotatable bonds is 5. The smallest absolute Gasteiger partial charge is 0.279 e. The number of hydrogen-bond acceptors (Lipinski definition) is 1. The second kappa shape index (κ2) is 7.62. The Bertz CT molecular complexity index is 700. The van der Waals surface area contributed by atoms with Crippen molar-refractivity contribution in [3.63, 3.8) is 0 Å². The van der Waals surface area contributed by atoms with Crippen molar-refractivity contribution in [3.8, 4) is 0 Å². The third kappa shape index (κ3) is 4.34. The molecule has 0 fully saturated rings. The number of carbonyl (C=O) groups excluding carboxylic acids is 1. The van der Waals surface area contributed by atoms with E-state index in [4.69, 9.17) is 11.6 Å². The van der Waals surface area contributed by atoms with Gasteiger partial charge in [0.1, 0.15) is 6.04 Å². The van der Waals surface area contributed by atoms with Crippen molar-refractivity contribution in [2.75, 3.05) is 18.9 Å². The summed E-state index contributed by atoms with van der Waals surface area (Å²) < 4.78 is 0. The zero-order valence-electron chi connectivity index (χ0n) is 14.1. The number of anilines is 1. The number of likely N-dealkylation sites (N-methyl/N-ethyl adjacent to an activating group) is 1. The molecular weight excluding hydrogens is 308 g/mol. The number of amides is 1. The van der Waals surface area contributed by atoms with E-state index in [0.717, 1.165) is 26.7 Å². The fourth-order valence-electron chi connectivity index (χ4n) is 2.58. The van der Waals surface area contributed by atoms with Crippen LogP contribution in [0, 0.1) is 13.8 Å². The minimum absolute atomic E-state index is 0.00936. The van der Waals surface area contributed by atoms with E-state index in [0.29, 0.717) is 6.54 Å². The van der Waals surface area contributed by atoms with Gasteiger partial charge in [-0.05, 0) is 44.0 Å². The highest BCUT2D eigenvalue weighted by molar-refractivity contribution is 6.31. The normalized spacial score (nSPS) is 13.4. The van der Waals surface area contributed by atoms with Gasteiger partial charge in [0, 0.05) is 16.3 Å². The average molecular weight is 332 g/mol. The zero-order chi connectivity index (χ0) is 17.0. The van der Waals surface area contributed by atoms with E-state index >= 15 is 0 Å². The lowest BCUT2D eigenvalue weighted by Crippen LogP contribution is -3.10. The summed E-state index contributed by atoms with van der Waals surface area (Å²) in [5.74, 6) is 0.00936. The van der Waals surface area contributed by atoms with E-state index in [1.807, 2.05) is 63.4 Å². The first-order chi connectivity index (χ1) is 10.9. The zero-order valence-corrected chi connectivity index (χ0v) is 14.9. The fourth-order valence-corrected chi connectivity index (χ4v) is 2.88. The van der Waals surface area contributed by atoms with Crippen LogP contribution in [0.3, 0.4) is 0 Å². The molecule has 0 aliphatic heterocycles. The van der Waals surface area contributed by atoms with Gasteiger partial charge in [-0.25, -0.2) is 0 Å². The van der Waals surface area contributed by atoms with Crippen LogP contribution >= 0.6 is 11.6 Å². The minimum Gasteiger partial charge on any atom is -0.324 e. The van der Waals surface area contributed by atoms with Crippen molar-refractivity contribution in [3.05, 3.63) is 64.2 Å². The van der Waals surface area contributed by atoms with Crippen LogP contribution in [-0.4, -0.2) is 19.5 Å². The van der Waals surface area contributed by atoms with Crippen LogP contribution in [0.5, 0.6) is 0 Å². The summed E-state index contributed by atoms with van der Waals surface area (Å²) in [6, 6.07) is 13.9. The molecule has 0 aromatic heterocycles. The fraction of sp³-hybridized carbons (Fsp3) is 0.316. The second-order valence-electron chi connectivity index (χ2n) is 6.06. The molecule has 0 bridgehead atoms. The Labute approximate surface area is 143 Å². The van der Waals surface area contributed by atoms with Gasteiger partial charge in [0.15, 0.2) is 6.54 Å². The molecule has 3 nitrogen and oxygen atoms in total. The Kier molecular flexibility index (Phi) is 5.80. The maximum atomic E-state index is 12.3. The monoisotopic (exact) mass is 331 g/mol. The Hall–Kier alpha value is -1.84. The Balaban J connectivity index is 2.02. The molecule has 0 saturated heterocycles. The SMILES string of the molecule is Cc1cccc(NC(=O)C[NH+](C)[C@H](C)c2ccccc2Cl)c1C. The lowest BCUT2D eigenvalue weighted by molar-refractivity contribution is -0.902. The van der Waals surface area contributed by atoms with Crippen LogP contribution < -0.4 is 10.2 Å². The molecule has 23 heavy (non-hydrogen) atoms. The number of nitrogens with one attached hydrogen (secondary N) is 2. The van der Waals surface area contributed by atoms with Gasteiger partial charge in [-0.3, -0.25) is 4.79 Å². The van der Waals surface area contributed by atoms with E-state index < -0.39 is 0 Å². The molecule has 0 radical (unpaired) electrons. The van der Waals surface area contributed by atoms with Crippen molar-refractivity contribution in [1.29, 1.82) is 0 Å². The summed E-state index contributed by atoms with van der Waals surface area (Å²) in [4.78, 5) is 13.4. The Morgan fingerprint density at radius 2 is 1.87 bits per heavy atom. The molecule has 1 amide bonds. The summed E-state index contributed by atoms with van der Waals surface area (Å²) in [7, 11) is 2.01. The maximum absolute atomic E-state index is 12.3. The van der Waals surface area contributed by atoms with Gasteiger partial charge in [0.05, 0.1) is 7.05 Å². The lowest BCUT2D eigenvalue weighted by Gasteiger charge is -2.22. The minimum atomic E-state index is 0.00936. The van der Waals surface area contributed by atoms with Gasteiger partial charge in [0.2, 0.25) is 0 Å². The van der Waals surface area contributed by atoms with Crippen LogP contribution in [0.1, 0.15) is 29.7 Å². The largest absolute Gasteiger partial charge is 0.324 e.